The Kier molecular flexibility index (Phi) is 5.55. The molecule has 2 aromatic carbocycles. The van der Waals surface area contributed by atoms with Gasteiger partial charge < -0.3 is 4.74 Å². The van der Waals surface area contributed by atoms with Crippen molar-refractivity contribution in [2.45, 2.75) is 10.9 Å². The van der Waals surface area contributed by atoms with Crippen LogP contribution in [0.1, 0.15) is 11.6 Å². The van der Waals surface area contributed by atoms with Crippen LogP contribution in [0.25, 0.3) is 0 Å². The quantitative estimate of drug-likeness (QED) is 0.488. The number of nitrogens with one attached hydrogen (secondary N) is 1. The van der Waals surface area contributed by atoms with Crippen LogP contribution in [0.15, 0.2) is 47.4 Å². The molecule has 0 saturated heterocycles. The summed E-state index contributed by atoms with van der Waals surface area (Å²) in [6, 6.07) is 10.7. The number of thioether (sulfide) groups is 1. The fraction of sp³-hybridized carbons (Fsp3) is 0.200. The van der Waals surface area contributed by atoms with Crippen LogP contribution in [-0.2, 0) is 0 Å². The predicted octanol–water partition coefficient (Wildman–Crippen LogP) is 3.27. The molecule has 0 radical (unpaired) electrons. The molecule has 0 aliphatic heterocycles. The maximum Gasteiger partial charge on any atom is 0.169 e. The van der Waals surface area contributed by atoms with Crippen molar-refractivity contribution in [3.63, 3.8) is 0 Å². The van der Waals surface area contributed by atoms with Crippen molar-refractivity contribution in [2.75, 3.05) is 12.9 Å². The summed E-state index contributed by atoms with van der Waals surface area (Å²) in [7, 11) is 1.42. The van der Waals surface area contributed by atoms with Crippen LogP contribution in [0.4, 0.5) is 8.78 Å². The topological polar surface area (TPSA) is 47.3 Å². The van der Waals surface area contributed by atoms with Gasteiger partial charge >= 0.3 is 0 Å². The molecule has 3 N–H and O–H groups in total. The second-order valence-electron chi connectivity index (χ2n) is 4.35. The first-order valence-corrected chi connectivity index (χ1v) is 7.31. The van der Waals surface area contributed by atoms with Crippen molar-refractivity contribution >= 4 is 11.8 Å². The van der Waals surface area contributed by atoms with Gasteiger partial charge in [-0.15, -0.1) is 11.8 Å². The highest BCUT2D eigenvalue weighted by Crippen LogP contribution is 2.29. The van der Waals surface area contributed by atoms with Crippen molar-refractivity contribution in [1.29, 1.82) is 0 Å². The molecule has 112 valence electrons. The minimum absolute atomic E-state index is 0.180. The second-order valence-corrected chi connectivity index (χ2v) is 5.44. The van der Waals surface area contributed by atoms with Gasteiger partial charge in [-0.05, 0) is 30.3 Å². The minimum atomic E-state index is -0.428. The summed E-state index contributed by atoms with van der Waals surface area (Å²) < 4.78 is 32.0. The molecule has 6 heteroatoms. The Morgan fingerprint density at radius 3 is 2.52 bits per heavy atom. The first-order valence-electron chi connectivity index (χ1n) is 6.32. The molecule has 2 rings (SSSR count). The summed E-state index contributed by atoms with van der Waals surface area (Å²) in [5, 5.41) is 0. The second kappa shape index (κ2) is 7.40. The van der Waals surface area contributed by atoms with Crippen LogP contribution in [0.3, 0.4) is 0 Å². The molecular formula is C15H16F2N2OS. The van der Waals surface area contributed by atoms with Gasteiger partial charge in [-0.1, -0.05) is 12.1 Å². The summed E-state index contributed by atoms with van der Waals surface area (Å²) in [5.74, 6) is 5.50. The summed E-state index contributed by atoms with van der Waals surface area (Å²) in [6.07, 6.45) is 0. The standard InChI is InChI=1S/C15H16F2N2OS/c1-20-14-4-2-3-12(15(14)17)13(19-18)9-21-11-7-5-10(16)6-8-11/h2-8,13,19H,9,18H2,1H3. The van der Waals surface area contributed by atoms with Gasteiger partial charge in [0.2, 0.25) is 0 Å². The van der Waals surface area contributed by atoms with Crippen LogP contribution >= 0.6 is 11.8 Å². The summed E-state index contributed by atoms with van der Waals surface area (Å²) >= 11 is 1.46. The molecule has 0 spiro atoms. The Bertz CT molecular complexity index is 593. The average molecular weight is 310 g/mol. The monoisotopic (exact) mass is 310 g/mol. The van der Waals surface area contributed by atoms with Gasteiger partial charge in [-0.2, -0.15) is 0 Å². The number of hydrogen-bond donors (Lipinski definition) is 2. The van der Waals surface area contributed by atoms with E-state index >= 15 is 0 Å². The third-order valence-electron chi connectivity index (χ3n) is 3.02. The number of hydrogen-bond acceptors (Lipinski definition) is 4. The molecule has 1 atom stereocenters. The third-order valence-corrected chi connectivity index (χ3v) is 4.13. The maximum absolute atomic E-state index is 14.2. The summed E-state index contributed by atoms with van der Waals surface area (Å²) in [6.45, 7) is 0. The molecule has 2 aromatic rings. The molecule has 0 amide bonds. The molecule has 0 aliphatic rings. The molecule has 21 heavy (non-hydrogen) atoms. The van der Waals surface area contributed by atoms with E-state index in [1.807, 2.05) is 0 Å². The highest BCUT2D eigenvalue weighted by molar-refractivity contribution is 7.99. The van der Waals surface area contributed by atoms with E-state index in [1.165, 1.54) is 31.0 Å². The van der Waals surface area contributed by atoms with E-state index in [2.05, 4.69) is 5.43 Å². The van der Waals surface area contributed by atoms with Crippen molar-refractivity contribution in [1.82, 2.24) is 5.43 Å². The van der Waals surface area contributed by atoms with E-state index in [0.717, 1.165) is 4.90 Å². The zero-order valence-corrected chi connectivity index (χ0v) is 12.3. The lowest BCUT2D eigenvalue weighted by Crippen LogP contribution is -2.30. The Morgan fingerprint density at radius 2 is 1.90 bits per heavy atom. The van der Waals surface area contributed by atoms with Crippen molar-refractivity contribution < 1.29 is 13.5 Å². The lowest BCUT2D eigenvalue weighted by molar-refractivity contribution is 0.381. The SMILES string of the molecule is COc1cccc(C(CSc2ccc(F)cc2)NN)c1F. The first kappa shape index (κ1) is 15.8. The van der Waals surface area contributed by atoms with Gasteiger partial charge in [0.05, 0.1) is 13.2 Å². The first-order chi connectivity index (χ1) is 10.2. The van der Waals surface area contributed by atoms with Gasteiger partial charge in [0.25, 0.3) is 0 Å². The Hall–Kier alpha value is -1.63. The van der Waals surface area contributed by atoms with E-state index in [4.69, 9.17) is 10.6 Å². The number of rotatable bonds is 6. The third kappa shape index (κ3) is 3.93. The van der Waals surface area contributed by atoms with Gasteiger partial charge in [0.1, 0.15) is 5.82 Å². The van der Waals surface area contributed by atoms with Crippen LogP contribution in [-0.4, -0.2) is 12.9 Å². The Balaban J connectivity index is 2.11. The lowest BCUT2D eigenvalue weighted by atomic mass is 10.1. The molecule has 0 saturated carbocycles. The van der Waals surface area contributed by atoms with Crippen LogP contribution in [0, 0.1) is 11.6 Å². The van der Waals surface area contributed by atoms with Gasteiger partial charge in [0.15, 0.2) is 11.6 Å². The summed E-state index contributed by atoms with van der Waals surface area (Å²) in [4.78, 5) is 0.889. The van der Waals surface area contributed by atoms with E-state index in [0.29, 0.717) is 11.3 Å². The summed E-state index contributed by atoms with van der Waals surface area (Å²) in [5.41, 5.74) is 3.04. The van der Waals surface area contributed by atoms with Crippen LogP contribution < -0.4 is 16.0 Å². The molecule has 0 aliphatic carbocycles. The number of hydrazine groups is 1. The van der Waals surface area contributed by atoms with Crippen molar-refractivity contribution in [2.24, 2.45) is 5.84 Å². The number of benzene rings is 2. The van der Waals surface area contributed by atoms with E-state index in [9.17, 15) is 8.78 Å². The molecule has 0 bridgehead atoms. The highest BCUT2D eigenvalue weighted by Gasteiger charge is 2.17. The highest BCUT2D eigenvalue weighted by atomic mass is 32.2. The fourth-order valence-corrected chi connectivity index (χ4v) is 2.86. The zero-order chi connectivity index (χ0) is 15.2. The molecule has 1 unspecified atom stereocenters. The Morgan fingerprint density at radius 1 is 1.19 bits per heavy atom. The number of halogens is 2. The zero-order valence-electron chi connectivity index (χ0n) is 11.5. The smallest absolute Gasteiger partial charge is 0.169 e. The average Bonchev–Trinajstić information content (AvgIpc) is 2.51. The number of nitrogens with two attached hydrogens (primary N) is 1. The molecule has 0 heterocycles. The predicted molar refractivity (Wildman–Crippen MR) is 80.1 cm³/mol. The van der Waals surface area contributed by atoms with Crippen molar-refractivity contribution in [3.05, 3.63) is 59.7 Å². The number of methoxy groups -OCH3 is 1. The van der Waals surface area contributed by atoms with Crippen molar-refractivity contribution in [3.8, 4) is 5.75 Å². The molecule has 0 fully saturated rings. The number of ether oxygens (including phenoxy) is 1. The molecular weight excluding hydrogens is 294 g/mol. The van der Waals surface area contributed by atoms with Gasteiger partial charge in [-0.25, -0.2) is 8.78 Å². The van der Waals surface area contributed by atoms with Gasteiger partial charge in [-0.3, -0.25) is 11.3 Å². The molecule has 0 aromatic heterocycles. The minimum Gasteiger partial charge on any atom is -0.494 e. The largest absolute Gasteiger partial charge is 0.494 e. The van der Waals surface area contributed by atoms with Crippen LogP contribution in [0.5, 0.6) is 5.75 Å². The maximum atomic E-state index is 14.2. The lowest BCUT2D eigenvalue weighted by Gasteiger charge is -2.17. The van der Waals surface area contributed by atoms with E-state index in [-0.39, 0.29) is 17.6 Å². The van der Waals surface area contributed by atoms with Gasteiger partial charge in [0, 0.05) is 16.2 Å². The van der Waals surface area contributed by atoms with E-state index < -0.39 is 5.82 Å². The fourth-order valence-electron chi connectivity index (χ4n) is 1.89. The Labute approximate surface area is 126 Å². The normalized spacial score (nSPS) is 12.2. The van der Waals surface area contributed by atoms with E-state index in [1.54, 1.807) is 30.3 Å². The molecule has 3 nitrogen and oxygen atoms in total. The van der Waals surface area contributed by atoms with Crippen LogP contribution in [0.2, 0.25) is 0 Å².